The summed E-state index contributed by atoms with van der Waals surface area (Å²) in [6, 6.07) is 0.580. The van der Waals surface area contributed by atoms with Crippen LogP contribution in [0.4, 0.5) is 4.79 Å². The molecule has 2 unspecified atom stereocenters. The zero-order valence-corrected chi connectivity index (χ0v) is 10.3. The van der Waals surface area contributed by atoms with E-state index in [1.807, 2.05) is 9.80 Å². The molecule has 0 bridgehead atoms. The van der Waals surface area contributed by atoms with Crippen molar-refractivity contribution in [3.05, 3.63) is 11.8 Å². The van der Waals surface area contributed by atoms with Gasteiger partial charge in [-0.05, 0) is 18.3 Å². The van der Waals surface area contributed by atoms with Gasteiger partial charge >= 0.3 is 6.03 Å². The van der Waals surface area contributed by atoms with Gasteiger partial charge in [-0.1, -0.05) is 0 Å². The first kappa shape index (κ1) is 10.6. The molecule has 0 aromatic carbocycles. The second-order valence-corrected chi connectivity index (χ2v) is 5.71. The maximum atomic E-state index is 12.4. The van der Waals surface area contributed by atoms with Crippen LogP contribution in [-0.4, -0.2) is 53.8 Å². The van der Waals surface area contributed by atoms with Crippen LogP contribution in [0.25, 0.3) is 0 Å². The number of nitrogens with one attached hydrogen (secondary N) is 1. The largest absolute Gasteiger partial charge is 0.324 e. The van der Waals surface area contributed by atoms with E-state index in [0.29, 0.717) is 24.3 Å². The number of carbonyl (C=O) groups is 2. The molecule has 5 heteroatoms. The molecule has 2 aliphatic heterocycles. The van der Waals surface area contributed by atoms with Crippen LogP contribution in [-0.2, 0) is 4.79 Å². The number of hydrogen-bond donors (Lipinski definition) is 1. The Morgan fingerprint density at radius 2 is 1.89 bits per heavy atom. The maximum Gasteiger partial charge on any atom is 0.324 e. The molecule has 1 N–H and O–H groups in total. The van der Waals surface area contributed by atoms with E-state index in [4.69, 9.17) is 0 Å². The fraction of sp³-hybridized carbons (Fsp3) is 0.692. The summed E-state index contributed by atoms with van der Waals surface area (Å²) in [6.45, 7) is 3.68. The lowest BCUT2D eigenvalue weighted by atomic mass is 10.3. The first-order valence-electron chi connectivity index (χ1n) is 6.78. The first-order chi connectivity index (χ1) is 8.75. The summed E-state index contributed by atoms with van der Waals surface area (Å²) < 4.78 is 0. The second-order valence-electron chi connectivity index (χ2n) is 5.71. The second kappa shape index (κ2) is 3.57. The lowest BCUT2D eigenvalue weighted by Crippen LogP contribution is -2.36. The molecule has 0 aromatic heterocycles. The van der Waals surface area contributed by atoms with Crippen LogP contribution in [0.15, 0.2) is 11.8 Å². The fourth-order valence-corrected chi connectivity index (χ4v) is 3.74. The number of urea groups is 1. The van der Waals surface area contributed by atoms with Crippen molar-refractivity contribution in [1.29, 1.82) is 0 Å². The molecule has 5 nitrogen and oxygen atoms in total. The average molecular weight is 247 g/mol. The third-order valence-electron chi connectivity index (χ3n) is 4.75. The molecule has 1 saturated carbocycles. The van der Waals surface area contributed by atoms with E-state index < -0.39 is 0 Å². The van der Waals surface area contributed by atoms with Crippen LogP contribution in [0.5, 0.6) is 0 Å². The highest BCUT2D eigenvalue weighted by molar-refractivity contribution is 5.94. The lowest BCUT2D eigenvalue weighted by Gasteiger charge is -2.20. The monoisotopic (exact) mass is 247 g/mol. The Hall–Kier alpha value is -1.36. The number of fused-ring (bicyclic) bond motifs is 1. The summed E-state index contributed by atoms with van der Waals surface area (Å²) in [5.41, 5.74) is 0.927. The van der Waals surface area contributed by atoms with E-state index in [9.17, 15) is 9.59 Å². The predicted octanol–water partition coefficient (Wildman–Crippen LogP) is 0.189. The summed E-state index contributed by atoms with van der Waals surface area (Å²) in [6.07, 6.45) is 2.95. The number of allylic oxidation sites excluding steroid dienone is 2. The van der Waals surface area contributed by atoms with E-state index in [0.717, 1.165) is 38.3 Å². The van der Waals surface area contributed by atoms with Crippen molar-refractivity contribution >= 4 is 11.8 Å². The van der Waals surface area contributed by atoms with Crippen molar-refractivity contribution in [1.82, 2.24) is 15.1 Å². The molecule has 3 atom stereocenters. The third-order valence-corrected chi connectivity index (χ3v) is 4.75. The Labute approximate surface area is 106 Å². The van der Waals surface area contributed by atoms with Crippen molar-refractivity contribution in [3.8, 4) is 0 Å². The van der Waals surface area contributed by atoms with Gasteiger partial charge in [0.25, 0.3) is 0 Å². The van der Waals surface area contributed by atoms with Crippen LogP contribution in [0.3, 0.4) is 0 Å². The maximum absolute atomic E-state index is 12.4. The Morgan fingerprint density at radius 3 is 2.56 bits per heavy atom. The molecule has 2 saturated heterocycles. The quantitative estimate of drug-likeness (QED) is 0.758. The highest BCUT2D eigenvalue weighted by Gasteiger charge is 2.58. The van der Waals surface area contributed by atoms with E-state index >= 15 is 0 Å². The van der Waals surface area contributed by atoms with Gasteiger partial charge in [-0.25, -0.2) is 4.79 Å². The van der Waals surface area contributed by atoms with Crippen LogP contribution >= 0.6 is 0 Å². The van der Waals surface area contributed by atoms with Crippen LogP contribution in [0.2, 0.25) is 0 Å². The molecule has 96 valence electrons. The normalized spacial score (nSPS) is 38.4. The van der Waals surface area contributed by atoms with Gasteiger partial charge in [-0.3, -0.25) is 9.69 Å². The van der Waals surface area contributed by atoms with Gasteiger partial charge < -0.3 is 10.2 Å². The zero-order chi connectivity index (χ0) is 12.3. The predicted molar refractivity (Wildman–Crippen MR) is 64.8 cm³/mol. The average Bonchev–Trinajstić information content (AvgIpc) is 2.84. The molecule has 2 amide bonds. The molecule has 0 spiro atoms. The van der Waals surface area contributed by atoms with Crippen LogP contribution in [0.1, 0.15) is 12.8 Å². The molecule has 2 heterocycles. The van der Waals surface area contributed by atoms with Crippen molar-refractivity contribution in [2.75, 3.05) is 26.2 Å². The number of carbonyl (C=O) groups excluding carboxylic acids is 2. The van der Waals surface area contributed by atoms with E-state index in [1.165, 1.54) is 0 Å². The van der Waals surface area contributed by atoms with Gasteiger partial charge in [0.05, 0.1) is 0 Å². The number of piperidine rings is 1. The van der Waals surface area contributed by atoms with Gasteiger partial charge in [0.1, 0.15) is 0 Å². The minimum absolute atomic E-state index is 0.121. The number of rotatable bonds is 2. The van der Waals surface area contributed by atoms with Crippen LogP contribution < -0.4 is 5.32 Å². The topological polar surface area (TPSA) is 52.7 Å². The number of ketones is 1. The van der Waals surface area contributed by atoms with Gasteiger partial charge in [0.15, 0.2) is 5.78 Å². The van der Waals surface area contributed by atoms with Gasteiger partial charge in [0.2, 0.25) is 0 Å². The fourth-order valence-electron chi connectivity index (χ4n) is 3.74. The van der Waals surface area contributed by atoms with Crippen LogP contribution in [0, 0.1) is 11.8 Å². The Morgan fingerprint density at radius 1 is 1.11 bits per heavy atom. The summed E-state index contributed by atoms with van der Waals surface area (Å²) in [5, 5.41) is 3.35. The summed E-state index contributed by atoms with van der Waals surface area (Å²) >= 11 is 0. The zero-order valence-electron chi connectivity index (χ0n) is 10.3. The van der Waals surface area contributed by atoms with Gasteiger partial charge in [-0.15, -0.1) is 0 Å². The molecule has 4 aliphatic rings. The van der Waals surface area contributed by atoms with Crippen molar-refractivity contribution in [3.63, 3.8) is 0 Å². The van der Waals surface area contributed by atoms with Gasteiger partial charge in [-0.2, -0.15) is 0 Å². The first-order valence-corrected chi connectivity index (χ1v) is 6.78. The molecule has 3 fully saturated rings. The summed E-state index contributed by atoms with van der Waals surface area (Å²) in [4.78, 5) is 27.5. The summed E-state index contributed by atoms with van der Waals surface area (Å²) in [5.74, 6) is 1.50. The number of hydrogen-bond acceptors (Lipinski definition) is 3. The molecular weight excluding hydrogens is 230 g/mol. The van der Waals surface area contributed by atoms with E-state index in [1.54, 1.807) is 6.08 Å². The van der Waals surface area contributed by atoms with Crippen molar-refractivity contribution in [2.45, 2.75) is 18.9 Å². The number of nitrogens with zero attached hydrogens (tertiary/aromatic N) is 2. The lowest BCUT2D eigenvalue weighted by molar-refractivity contribution is -0.114. The molecule has 2 aliphatic carbocycles. The number of amides is 2. The van der Waals surface area contributed by atoms with Gasteiger partial charge in [0, 0.05) is 50.4 Å². The highest BCUT2D eigenvalue weighted by atomic mass is 16.2. The Bertz CT molecular complexity index is 449. The van der Waals surface area contributed by atoms with E-state index in [2.05, 4.69) is 5.32 Å². The highest BCUT2D eigenvalue weighted by Crippen LogP contribution is 2.47. The molecule has 4 rings (SSSR count). The third kappa shape index (κ3) is 1.37. The van der Waals surface area contributed by atoms with Crippen molar-refractivity contribution in [2.24, 2.45) is 11.8 Å². The minimum Gasteiger partial charge on any atom is -0.319 e. The van der Waals surface area contributed by atoms with Crippen molar-refractivity contribution < 1.29 is 9.59 Å². The molecule has 18 heavy (non-hydrogen) atoms. The Kier molecular flexibility index (Phi) is 2.09. The summed E-state index contributed by atoms with van der Waals surface area (Å²) in [7, 11) is 0. The van der Waals surface area contributed by atoms with E-state index in [-0.39, 0.29) is 11.8 Å². The molecule has 0 radical (unpaired) electrons. The standard InChI is InChI=1S/C13H17N3O2/c17-9-2-1-8(5-9)15-3-4-16(13(15)18)12-10-6-14-7-11(10)12/h5,10-12,14H,1-4,6-7H2/t10-,11?,12?/m1/s1. The smallest absolute Gasteiger partial charge is 0.319 e. The molecule has 0 aromatic rings. The Balaban J connectivity index is 1.48. The minimum atomic E-state index is 0.121. The SMILES string of the molecule is O=C1C=C(N2CCN(C3C4CNC[C@H]43)C2=O)CC1. The molecular formula is C13H17N3O2.